The third kappa shape index (κ3) is 6.24. The molecule has 1 saturated heterocycles. The molecule has 0 unspecified atom stereocenters. The second-order valence-electron chi connectivity index (χ2n) is 7.04. The number of rotatable bonds is 6. The minimum atomic E-state index is -0.570. The number of hydrogen-bond acceptors (Lipinski definition) is 5. The van der Waals surface area contributed by atoms with Gasteiger partial charge in [-0.2, -0.15) is 0 Å². The standard InChI is InChI=1S/C16H30N4O3S/c1-5-6-8-11(18-15(24)19-17)13(21)20-10-7-9-12(20)14(22)23-16(2,3)4/h11-12H,5-10,17H2,1-4H3,(H2,18,19,24)/t11-,12-/m0/s1. The molecule has 1 heterocycles. The van der Waals surface area contributed by atoms with Gasteiger partial charge in [0, 0.05) is 6.54 Å². The Balaban J connectivity index is 2.82. The number of esters is 1. The molecular weight excluding hydrogens is 328 g/mol. The number of hydrazine groups is 1. The Bertz CT molecular complexity index is 465. The Morgan fingerprint density at radius 2 is 2.08 bits per heavy atom. The summed E-state index contributed by atoms with van der Waals surface area (Å²) >= 11 is 5.02. The zero-order valence-electron chi connectivity index (χ0n) is 15.1. The molecule has 1 aliphatic heterocycles. The summed E-state index contributed by atoms with van der Waals surface area (Å²) in [7, 11) is 0. The van der Waals surface area contributed by atoms with E-state index < -0.39 is 17.7 Å². The summed E-state index contributed by atoms with van der Waals surface area (Å²) in [5, 5.41) is 3.16. The van der Waals surface area contributed by atoms with Crippen molar-refractivity contribution >= 4 is 29.2 Å². The maximum absolute atomic E-state index is 12.9. The molecule has 0 aliphatic carbocycles. The van der Waals surface area contributed by atoms with Crippen LogP contribution in [-0.2, 0) is 14.3 Å². The van der Waals surface area contributed by atoms with Crippen LogP contribution in [0.15, 0.2) is 0 Å². The van der Waals surface area contributed by atoms with E-state index in [9.17, 15) is 9.59 Å². The molecule has 0 aromatic heterocycles. The third-order valence-corrected chi connectivity index (χ3v) is 4.03. The number of likely N-dealkylation sites (tertiary alicyclic amines) is 1. The summed E-state index contributed by atoms with van der Waals surface area (Å²) in [6.45, 7) is 8.07. The summed E-state index contributed by atoms with van der Waals surface area (Å²) in [6, 6.07) is -1.02. The highest BCUT2D eigenvalue weighted by Gasteiger charge is 2.39. The minimum Gasteiger partial charge on any atom is -0.458 e. The molecule has 4 N–H and O–H groups in total. The molecule has 0 bridgehead atoms. The average molecular weight is 359 g/mol. The summed E-state index contributed by atoms with van der Waals surface area (Å²) < 4.78 is 5.45. The van der Waals surface area contributed by atoms with Crippen molar-refractivity contribution in [1.29, 1.82) is 0 Å². The zero-order chi connectivity index (χ0) is 18.3. The van der Waals surface area contributed by atoms with Crippen molar-refractivity contribution in [3.63, 3.8) is 0 Å². The predicted octanol–water partition coefficient (Wildman–Crippen LogP) is 1.22. The van der Waals surface area contributed by atoms with Crippen LogP contribution in [-0.4, -0.2) is 46.1 Å². The zero-order valence-corrected chi connectivity index (χ0v) is 15.9. The number of thiocarbonyl (C=S) groups is 1. The van der Waals surface area contributed by atoms with Gasteiger partial charge in [0.05, 0.1) is 0 Å². The second kappa shape index (κ2) is 9.17. The molecule has 0 radical (unpaired) electrons. The fourth-order valence-corrected chi connectivity index (χ4v) is 2.85. The van der Waals surface area contributed by atoms with E-state index in [1.54, 1.807) is 4.90 Å². The Morgan fingerprint density at radius 1 is 1.42 bits per heavy atom. The Hall–Kier alpha value is -1.41. The largest absolute Gasteiger partial charge is 0.458 e. The fourth-order valence-electron chi connectivity index (χ4n) is 2.71. The van der Waals surface area contributed by atoms with Crippen molar-refractivity contribution < 1.29 is 14.3 Å². The minimum absolute atomic E-state index is 0.130. The van der Waals surface area contributed by atoms with Crippen LogP contribution in [0.4, 0.5) is 0 Å². The normalized spacial score (nSPS) is 18.9. The van der Waals surface area contributed by atoms with Crippen molar-refractivity contribution in [1.82, 2.24) is 15.6 Å². The van der Waals surface area contributed by atoms with E-state index in [1.165, 1.54) is 0 Å². The van der Waals surface area contributed by atoms with Crippen LogP contribution in [0, 0.1) is 0 Å². The van der Waals surface area contributed by atoms with E-state index in [4.69, 9.17) is 22.8 Å². The van der Waals surface area contributed by atoms with Crippen LogP contribution in [0.3, 0.4) is 0 Å². The van der Waals surface area contributed by atoms with Crippen LogP contribution in [0.2, 0.25) is 0 Å². The van der Waals surface area contributed by atoms with Gasteiger partial charge in [0.1, 0.15) is 17.7 Å². The maximum atomic E-state index is 12.9. The topological polar surface area (TPSA) is 96.7 Å². The number of amides is 1. The van der Waals surface area contributed by atoms with Crippen molar-refractivity contribution in [2.45, 2.75) is 77.5 Å². The van der Waals surface area contributed by atoms with Crippen LogP contribution >= 0.6 is 12.2 Å². The molecule has 2 atom stereocenters. The molecule has 1 aliphatic rings. The van der Waals surface area contributed by atoms with Crippen LogP contribution < -0.4 is 16.6 Å². The van der Waals surface area contributed by atoms with Crippen molar-refractivity contribution in [2.75, 3.05) is 6.54 Å². The van der Waals surface area contributed by atoms with Crippen molar-refractivity contribution in [2.24, 2.45) is 5.84 Å². The average Bonchev–Trinajstić information content (AvgIpc) is 2.98. The maximum Gasteiger partial charge on any atom is 0.329 e. The van der Waals surface area contributed by atoms with Gasteiger partial charge in [-0.15, -0.1) is 0 Å². The molecule has 0 saturated carbocycles. The molecule has 138 valence electrons. The third-order valence-electron chi connectivity index (χ3n) is 3.80. The van der Waals surface area contributed by atoms with E-state index in [-0.39, 0.29) is 17.0 Å². The molecule has 8 heteroatoms. The van der Waals surface area contributed by atoms with Gasteiger partial charge in [-0.1, -0.05) is 19.8 Å². The molecule has 1 amide bonds. The molecular formula is C16H30N4O3S. The molecule has 1 rings (SSSR count). The smallest absolute Gasteiger partial charge is 0.329 e. The van der Waals surface area contributed by atoms with Gasteiger partial charge in [0.15, 0.2) is 5.11 Å². The van der Waals surface area contributed by atoms with E-state index in [2.05, 4.69) is 17.7 Å². The summed E-state index contributed by atoms with van der Waals surface area (Å²) in [6.07, 6.45) is 3.89. The van der Waals surface area contributed by atoms with E-state index in [1.807, 2.05) is 20.8 Å². The number of ether oxygens (including phenoxy) is 1. The molecule has 7 nitrogen and oxygen atoms in total. The fraction of sp³-hybridized carbons (Fsp3) is 0.812. The van der Waals surface area contributed by atoms with Crippen molar-refractivity contribution in [3.05, 3.63) is 0 Å². The second-order valence-corrected chi connectivity index (χ2v) is 7.44. The number of unbranched alkanes of at least 4 members (excludes halogenated alkanes) is 1. The summed E-state index contributed by atoms with van der Waals surface area (Å²) in [4.78, 5) is 26.9. The molecule has 0 aromatic carbocycles. The van der Waals surface area contributed by atoms with Crippen LogP contribution in [0.25, 0.3) is 0 Å². The highest BCUT2D eigenvalue weighted by atomic mass is 32.1. The van der Waals surface area contributed by atoms with Gasteiger partial charge in [-0.3, -0.25) is 4.79 Å². The number of nitrogens with one attached hydrogen (secondary N) is 2. The van der Waals surface area contributed by atoms with Gasteiger partial charge >= 0.3 is 5.97 Å². The van der Waals surface area contributed by atoms with Gasteiger partial charge < -0.3 is 20.4 Å². The lowest BCUT2D eigenvalue weighted by atomic mass is 10.1. The van der Waals surface area contributed by atoms with E-state index in [0.717, 1.165) is 19.3 Å². The van der Waals surface area contributed by atoms with Crippen LogP contribution in [0.5, 0.6) is 0 Å². The highest BCUT2D eigenvalue weighted by Crippen LogP contribution is 2.22. The molecule has 24 heavy (non-hydrogen) atoms. The number of nitrogens with zero attached hydrogens (tertiary/aromatic N) is 1. The van der Waals surface area contributed by atoms with Crippen LogP contribution in [0.1, 0.15) is 59.8 Å². The van der Waals surface area contributed by atoms with Gasteiger partial charge in [0.2, 0.25) is 5.91 Å². The van der Waals surface area contributed by atoms with E-state index in [0.29, 0.717) is 19.4 Å². The van der Waals surface area contributed by atoms with Crippen molar-refractivity contribution in [3.8, 4) is 0 Å². The Morgan fingerprint density at radius 3 is 2.62 bits per heavy atom. The molecule has 0 spiro atoms. The lowest BCUT2D eigenvalue weighted by molar-refractivity contribution is -0.163. The molecule has 1 fully saturated rings. The molecule has 0 aromatic rings. The first-order chi connectivity index (χ1) is 11.2. The number of nitrogens with two attached hydrogens (primary N) is 1. The SMILES string of the molecule is CCCC[C@H](NC(=S)NN)C(=O)N1CCC[C@H]1C(=O)OC(C)(C)C. The number of carbonyl (C=O) groups is 2. The summed E-state index contributed by atoms with van der Waals surface area (Å²) in [5.74, 6) is 4.82. The first kappa shape index (κ1) is 20.6. The summed E-state index contributed by atoms with van der Waals surface area (Å²) in [5.41, 5.74) is 1.77. The van der Waals surface area contributed by atoms with Gasteiger partial charge in [-0.05, 0) is 52.3 Å². The first-order valence-electron chi connectivity index (χ1n) is 8.50. The lowest BCUT2D eigenvalue weighted by Gasteiger charge is -2.30. The quantitative estimate of drug-likeness (QED) is 0.284. The first-order valence-corrected chi connectivity index (χ1v) is 8.91. The number of hydrogen-bond donors (Lipinski definition) is 3. The monoisotopic (exact) mass is 358 g/mol. The highest BCUT2D eigenvalue weighted by molar-refractivity contribution is 7.80. The van der Waals surface area contributed by atoms with Gasteiger partial charge in [0.25, 0.3) is 0 Å². The number of carbonyl (C=O) groups excluding carboxylic acids is 2. The lowest BCUT2D eigenvalue weighted by Crippen LogP contribution is -2.54. The van der Waals surface area contributed by atoms with Gasteiger partial charge in [-0.25, -0.2) is 10.6 Å². The Labute approximate surface area is 149 Å². The van der Waals surface area contributed by atoms with E-state index >= 15 is 0 Å². The Kier molecular flexibility index (Phi) is 7.89. The predicted molar refractivity (Wildman–Crippen MR) is 96.9 cm³/mol.